The third-order valence-corrected chi connectivity index (χ3v) is 3.00. The zero-order valence-electron chi connectivity index (χ0n) is 8.85. The average Bonchev–Trinajstić information content (AvgIpc) is 2.16. The van der Waals surface area contributed by atoms with Crippen molar-refractivity contribution in [3.63, 3.8) is 0 Å². The first kappa shape index (κ1) is 12.9. The van der Waals surface area contributed by atoms with Gasteiger partial charge in [-0.3, -0.25) is 9.45 Å². The van der Waals surface area contributed by atoms with Gasteiger partial charge in [-0.15, -0.1) is 0 Å². The second kappa shape index (κ2) is 5.76. The maximum Gasteiger partial charge on any atom is 0.266 e. The molecule has 1 heterocycles. The van der Waals surface area contributed by atoms with E-state index in [1.807, 2.05) is 11.8 Å². The molecule has 0 amide bonds. The van der Waals surface area contributed by atoms with E-state index in [0.717, 1.165) is 13.1 Å². The lowest BCUT2D eigenvalue weighted by molar-refractivity contribution is -0.0630. The van der Waals surface area contributed by atoms with Crippen LogP contribution in [0.2, 0.25) is 0 Å². The van der Waals surface area contributed by atoms with Crippen LogP contribution in [-0.2, 0) is 14.9 Å². The van der Waals surface area contributed by atoms with Crippen LogP contribution in [0.3, 0.4) is 0 Å². The lowest BCUT2D eigenvalue weighted by Gasteiger charge is -2.35. The van der Waals surface area contributed by atoms with Crippen molar-refractivity contribution in [3.05, 3.63) is 0 Å². The van der Waals surface area contributed by atoms with E-state index in [2.05, 4.69) is 5.32 Å². The van der Waals surface area contributed by atoms with Crippen molar-refractivity contribution in [2.75, 3.05) is 38.5 Å². The van der Waals surface area contributed by atoms with Gasteiger partial charge in [0, 0.05) is 32.8 Å². The molecule has 15 heavy (non-hydrogen) atoms. The minimum atomic E-state index is -3.88. The van der Waals surface area contributed by atoms with Crippen LogP contribution in [0.15, 0.2) is 0 Å². The first-order chi connectivity index (χ1) is 7.03. The van der Waals surface area contributed by atoms with E-state index in [4.69, 9.17) is 9.29 Å². The first-order valence-electron chi connectivity index (χ1n) is 5.04. The summed E-state index contributed by atoms with van der Waals surface area (Å²) in [5, 5.41) is 3.17. The maximum absolute atomic E-state index is 10.6. The van der Waals surface area contributed by atoms with Crippen LogP contribution in [0, 0.1) is 0 Å². The minimum Gasteiger partial charge on any atom is -0.362 e. The van der Waals surface area contributed by atoms with Crippen molar-refractivity contribution >= 4 is 10.1 Å². The van der Waals surface area contributed by atoms with Crippen LogP contribution >= 0.6 is 0 Å². The molecule has 1 atom stereocenters. The number of hydrogen-bond acceptors (Lipinski definition) is 5. The summed E-state index contributed by atoms with van der Waals surface area (Å²) in [6, 6.07) is 0. The average molecular weight is 238 g/mol. The highest BCUT2D eigenvalue weighted by molar-refractivity contribution is 7.85. The summed E-state index contributed by atoms with van der Waals surface area (Å²) >= 11 is 0. The molecule has 1 saturated heterocycles. The Morgan fingerprint density at radius 1 is 1.60 bits per heavy atom. The molecule has 1 aliphatic rings. The number of ether oxygens (including phenoxy) is 1. The van der Waals surface area contributed by atoms with E-state index >= 15 is 0 Å². The van der Waals surface area contributed by atoms with Crippen molar-refractivity contribution in [2.24, 2.45) is 0 Å². The van der Waals surface area contributed by atoms with Crippen molar-refractivity contribution in [1.29, 1.82) is 0 Å². The first-order valence-corrected chi connectivity index (χ1v) is 6.65. The molecule has 6 nitrogen and oxygen atoms in total. The summed E-state index contributed by atoms with van der Waals surface area (Å²) in [5.41, 5.74) is 0. The molecular weight excluding hydrogens is 220 g/mol. The number of hydrogen-bond donors (Lipinski definition) is 2. The van der Waals surface area contributed by atoms with Crippen LogP contribution in [0.5, 0.6) is 0 Å². The molecule has 90 valence electrons. The van der Waals surface area contributed by atoms with E-state index in [0.29, 0.717) is 19.7 Å². The van der Waals surface area contributed by atoms with Gasteiger partial charge in [-0.2, -0.15) is 8.42 Å². The van der Waals surface area contributed by atoms with E-state index in [-0.39, 0.29) is 12.0 Å². The summed E-state index contributed by atoms with van der Waals surface area (Å²) in [4.78, 5) is 1.92. The Morgan fingerprint density at radius 3 is 2.93 bits per heavy atom. The zero-order valence-corrected chi connectivity index (χ0v) is 9.66. The predicted molar refractivity (Wildman–Crippen MR) is 56.3 cm³/mol. The van der Waals surface area contributed by atoms with E-state index in [1.54, 1.807) is 0 Å². The van der Waals surface area contributed by atoms with Gasteiger partial charge in [0.15, 0.2) is 0 Å². The fraction of sp³-hybridized carbons (Fsp3) is 1.00. The van der Waals surface area contributed by atoms with Gasteiger partial charge in [0.1, 0.15) is 6.23 Å². The van der Waals surface area contributed by atoms with E-state index < -0.39 is 10.1 Å². The highest BCUT2D eigenvalue weighted by Gasteiger charge is 2.23. The Hall–Kier alpha value is -0.210. The lowest BCUT2D eigenvalue weighted by Crippen LogP contribution is -2.53. The Labute approximate surface area is 90.3 Å². The Kier molecular flexibility index (Phi) is 4.94. The number of piperazine rings is 1. The summed E-state index contributed by atoms with van der Waals surface area (Å²) in [7, 11) is -3.88. The molecular formula is C8H18N2O4S. The van der Waals surface area contributed by atoms with Crippen LogP contribution in [0.1, 0.15) is 6.92 Å². The summed E-state index contributed by atoms with van der Waals surface area (Å²) in [5.74, 6) is -0.240. The fourth-order valence-electron chi connectivity index (χ4n) is 1.57. The monoisotopic (exact) mass is 238 g/mol. The summed E-state index contributed by atoms with van der Waals surface area (Å²) < 4.78 is 35.3. The fourth-order valence-corrected chi connectivity index (χ4v) is 2.03. The lowest BCUT2D eigenvalue weighted by atomic mass is 10.3. The molecule has 0 aromatic carbocycles. The largest absolute Gasteiger partial charge is 0.362 e. The minimum absolute atomic E-state index is 0.0921. The van der Waals surface area contributed by atoms with Gasteiger partial charge in [-0.25, -0.2) is 0 Å². The molecule has 1 fully saturated rings. The normalized spacial score (nSPS) is 24.3. The highest BCUT2D eigenvalue weighted by atomic mass is 32.2. The Bertz CT molecular complexity index is 278. The molecule has 2 N–H and O–H groups in total. The topological polar surface area (TPSA) is 78.9 Å². The van der Waals surface area contributed by atoms with Gasteiger partial charge in [-0.05, 0) is 6.92 Å². The quantitative estimate of drug-likeness (QED) is 0.607. The molecule has 0 saturated carbocycles. The predicted octanol–water partition coefficient (Wildman–Crippen LogP) is -0.858. The van der Waals surface area contributed by atoms with Crippen LogP contribution in [0.25, 0.3) is 0 Å². The molecule has 0 spiro atoms. The molecule has 0 aliphatic carbocycles. The second-order valence-electron chi connectivity index (χ2n) is 3.44. The molecule has 7 heteroatoms. The molecule has 0 aromatic heterocycles. The number of rotatable bonds is 5. The second-order valence-corrected chi connectivity index (χ2v) is 5.01. The molecule has 1 aliphatic heterocycles. The van der Waals surface area contributed by atoms with Crippen molar-refractivity contribution < 1.29 is 17.7 Å². The van der Waals surface area contributed by atoms with Crippen molar-refractivity contribution in [1.82, 2.24) is 10.2 Å². The van der Waals surface area contributed by atoms with Gasteiger partial charge >= 0.3 is 0 Å². The Morgan fingerprint density at radius 2 is 2.33 bits per heavy atom. The summed E-state index contributed by atoms with van der Waals surface area (Å²) in [6.45, 7) is 5.05. The van der Waals surface area contributed by atoms with Crippen molar-refractivity contribution in [2.45, 2.75) is 13.2 Å². The van der Waals surface area contributed by atoms with Crippen LogP contribution in [0.4, 0.5) is 0 Å². The molecule has 1 rings (SSSR count). The molecule has 1 unspecified atom stereocenters. The van der Waals surface area contributed by atoms with Gasteiger partial charge in [-0.1, -0.05) is 0 Å². The molecule has 0 aromatic rings. The summed E-state index contributed by atoms with van der Waals surface area (Å²) in [6.07, 6.45) is -0.0921. The maximum atomic E-state index is 10.6. The molecule has 0 bridgehead atoms. The number of nitrogens with one attached hydrogen (secondary N) is 1. The smallest absolute Gasteiger partial charge is 0.266 e. The van der Waals surface area contributed by atoms with Crippen molar-refractivity contribution in [3.8, 4) is 0 Å². The zero-order chi connectivity index (χ0) is 11.3. The SMILES string of the molecule is CCOC1CNCCN1CCS(=O)(=O)O. The van der Waals surface area contributed by atoms with Crippen LogP contribution < -0.4 is 5.32 Å². The molecule has 0 radical (unpaired) electrons. The third-order valence-electron chi connectivity index (χ3n) is 2.30. The standard InChI is InChI=1S/C8H18N2O4S/c1-2-14-8-7-9-3-4-10(8)5-6-15(11,12)13/h8-9H,2-7H2,1H3,(H,11,12,13). The number of nitrogens with zero attached hydrogens (tertiary/aromatic N) is 1. The van der Waals surface area contributed by atoms with Crippen LogP contribution in [-0.4, -0.2) is 62.6 Å². The Balaban J connectivity index is 2.42. The third kappa shape index (κ3) is 4.89. The van der Waals surface area contributed by atoms with Gasteiger partial charge in [0.2, 0.25) is 0 Å². The highest BCUT2D eigenvalue weighted by Crippen LogP contribution is 2.04. The van der Waals surface area contributed by atoms with Gasteiger partial charge in [0.05, 0.1) is 5.75 Å². The van der Waals surface area contributed by atoms with E-state index in [1.165, 1.54) is 0 Å². The van der Waals surface area contributed by atoms with Gasteiger partial charge in [0.25, 0.3) is 10.1 Å². The van der Waals surface area contributed by atoms with Gasteiger partial charge < -0.3 is 10.1 Å². The van der Waals surface area contributed by atoms with E-state index in [9.17, 15) is 8.42 Å².